The van der Waals surface area contributed by atoms with Crippen LogP contribution in [0.15, 0.2) is 0 Å². The Kier molecular flexibility index (Phi) is 8.33. The zero-order valence-electron chi connectivity index (χ0n) is 11.7. The van der Waals surface area contributed by atoms with Crippen molar-refractivity contribution in [2.75, 3.05) is 24.7 Å². The molecule has 1 aliphatic heterocycles. The summed E-state index contributed by atoms with van der Waals surface area (Å²) >= 11 is 2.04. The fraction of sp³-hybridized carbons (Fsp3) is 1.00. The number of hydrogen-bond acceptors (Lipinski definition) is 3. The number of hydrogen-bond donors (Lipinski definition) is 1. The lowest BCUT2D eigenvalue weighted by Gasteiger charge is -2.32. The Bertz CT molecular complexity index is 183. The van der Waals surface area contributed by atoms with Gasteiger partial charge in [-0.15, -0.1) is 0 Å². The molecule has 2 nitrogen and oxygen atoms in total. The standard InChI is InChI=1S/C14H29NOS/c1-4-6-12(3)10-13(15-7-5-2)14-11-17-9-8-16-14/h12-15H,4-11H2,1-3H3. The van der Waals surface area contributed by atoms with Gasteiger partial charge in [0.15, 0.2) is 0 Å². The second kappa shape index (κ2) is 9.23. The fourth-order valence-corrected chi connectivity index (χ4v) is 3.42. The predicted octanol–water partition coefficient (Wildman–Crippen LogP) is 3.31. The molecule has 0 amide bonds. The molecule has 0 saturated carbocycles. The first-order chi connectivity index (χ1) is 8.27. The Morgan fingerprint density at radius 1 is 1.35 bits per heavy atom. The Hall–Kier alpha value is 0.270. The van der Waals surface area contributed by atoms with Gasteiger partial charge in [0, 0.05) is 17.5 Å². The van der Waals surface area contributed by atoms with Gasteiger partial charge in [0.2, 0.25) is 0 Å². The van der Waals surface area contributed by atoms with E-state index in [-0.39, 0.29) is 0 Å². The molecule has 17 heavy (non-hydrogen) atoms. The fourth-order valence-electron chi connectivity index (χ4n) is 2.48. The van der Waals surface area contributed by atoms with E-state index < -0.39 is 0 Å². The Morgan fingerprint density at radius 3 is 2.76 bits per heavy atom. The Labute approximate surface area is 111 Å². The van der Waals surface area contributed by atoms with Gasteiger partial charge in [-0.25, -0.2) is 0 Å². The van der Waals surface area contributed by atoms with Crippen LogP contribution < -0.4 is 5.32 Å². The molecule has 0 aliphatic carbocycles. The summed E-state index contributed by atoms with van der Waals surface area (Å²) in [5.41, 5.74) is 0. The number of ether oxygens (including phenoxy) is 1. The first-order valence-electron chi connectivity index (χ1n) is 7.20. The van der Waals surface area contributed by atoms with Crippen LogP contribution in [-0.2, 0) is 4.74 Å². The topological polar surface area (TPSA) is 21.3 Å². The molecule has 3 heteroatoms. The van der Waals surface area contributed by atoms with Gasteiger partial charge in [-0.05, 0) is 25.3 Å². The van der Waals surface area contributed by atoms with Crippen LogP contribution in [0.4, 0.5) is 0 Å². The molecule has 0 bridgehead atoms. The van der Waals surface area contributed by atoms with Crippen LogP contribution >= 0.6 is 11.8 Å². The van der Waals surface area contributed by atoms with E-state index in [0.29, 0.717) is 12.1 Å². The molecule has 0 aromatic carbocycles. The summed E-state index contributed by atoms with van der Waals surface area (Å²) in [6.45, 7) is 8.93. The Balaban J connectivity index is 2.40. The summed E-state index contributed by atoms with van der Waals surface area (Å²) in [6.07, 6.45) is 5.53. The van der Waals surface area contributed by atoms with E-state index in [1.54, 1.807) is 0 Å². The van der Waals surface area contributed by atoms with Gasteiger partial charge >= 0.3 is 0 Å². The molecule has 1 N–H and O–H groups in total. The van der Waals surface area contributed by atoms with E-state index in [1.807, 2.05) is 11.8 Å². The number of rotatable bonds is 8. The summed E-state index contributed by atoms with van der Waals surface area (Å²) in [7, 11) is 0. The summed E-state index contributed by atoms with van der Waals surface area (Å²) in [4.78, 5) is 0. The molecule has 0 aromatic heterocycles. The van der Waals surface area contributed by atoms with Crippen molar-refractivity contribution in [1.29, 1.82) is 0 Å². The summed E-state index contributed by atoms with van der Waals surface area (Å²) in [6, 6.07) is 0.560. The van der Waals surface area contributed by atoms with E-state index >= 15 is 0 Å². The molecule has 1 aliphatic rings. The van der Waals surface area contributed by atoms with Gasteiger partial charge < -0.3 is 10.1 Å². The zero-order valence-corrected chi connectivity index (χ0v) is 12.5. The van der Waals surface area contributed by atoms with Crippen LogP contribution in [0.2, 0.25) is 0 Å². The molecule has 3 unspecified atom stereocenters. The SMILES string of the molecule is CCCNC(CC(C)CCC)C1CSCCO1. The lowest BCUT2D eigenvalue weighted by Crippen LogP contribution is -2.46. The van der Waals surface area contributed by atoms with Gasteiger partial charge in [-0.1, -0.05) is 33.6 Å². The maximum atomic E-state index is 5.93. The average Bonchev–Trinajstić information content (AvgIpc) is 2.36. The molecule has 1 fully saturated rings. The van der Waals surface area contributed by atoms with Crippen molar-refractivity contribution in [2.45, 2.75) is 58.6 Å². The van der Waals surface area contributed by atoms with Crippen molar-refractivity contribution in [2.24, 2.45) is 5.92 Å². The van der Waals surface area contributed by atoms with Gasteiger partial charge in [-0.3, -0.25) is 0 Å². The quantitative estimate of drug-likeness (QED) is 0.722. The molecule has 0 radical (unpaired) electrons. The third-order valence-electron chi connectivity index (χ3n) is 3.38. The van der Waals surface area contributed by atoms with Crippen molar-refractivity contribution in [3.05, 3.63) is 0 Å². The van der Waals surface area contributed by atoms with Crippen molar-refractivity contribution in [1.82, 2.24) is 5.32 Å². The van der Waals surface area contributed by atoms with Crippen LogP contribution in [-0.4, -0.2) is 36.8 Å². The minimum atomic E-state index is 0.430. The van der Waals surface area contributed by atoms with E-state index in [2.05, 4.69) is 26.1 Å². The van der Waals surface area contributed by atoms with Crippen molar-refractivity contribution < 1.29 is 4.74 Å². The van der Waals surface area contributed by atoms with Gasteiger partial charge in [0.05, 0.1) is 12.7 Å². The normalized spacial score (nSPS) is 24.5. The molecule has 1 rings (SSSR count). The first-order valence-corrected chi connectivity index (χ1v) is 8.36. The van der Waals surface area contributed by atoms with Crippen LogP contribution in [0.5, 0.6) is 0 Å². The van der Waals surface area contributed by atoms with Crippen LogP contribution in [0.1, 0.15) is 46.5 Å². The minimum Gasteiger partial charge on any atom is -0.375 e. The number of thioether (sulfide) groups is 1. The lowest BCUT2D eigenvalue weighted by molar-refractivity contribution is 0.0404. The molecule has 1 heterocycles. The third kappa shape index (κ3) is 6.12. The molecule has 0 aromatic rings. The highest BCUT2D eigenvalue weighted by atomic mass is 32.2. The van der Waals surface area contributed by atoms with Crippen molar-refractivity contribution >= 4 is 11.8 Å². The second-order valence-corrected chi connectivity index (χ2v) is 6.32. The van der Waals surface area contributed by atoms with E-state index in [9.17, 15) is 0 Å². The summed E-state index contributed by atoms with van der Waals surface area (Å²) < 4.78 is 5.93. The highest BCUT2D eigenvalue weighted by Gasteiger charge is 2.25. The zero-order chi connectivity index (χ0) is 12.5. The van der Waals surface area contributed by atoms with Crippen molar-refractivity contribution in [3.63, 3.8) is 0 Å². The minimum absolute atomic E-state index is 0.430. The lowest BCUT2D eigenvalue weighted by atomic mass is 9.94. The third-order valence-corrected chi connectivity index (χ3v) is 4.40. The van der Waals surface area contributed by atoms with Crippen molar-refractivity contribution in [3.8, 4) is 0 Å². The molecule has 102 valence electrons. The average molecular weight is 259 g/mol. The summed E-state index contributed by atoms with van der Waals surface area (Å²) in [5, 5.41) is 3.69. The predicted molar refractivity (Wildman–Crippen MR) is 77.8 cm³/mol. The molecule has 0 spiro atoms. The first kappa shape index (κ1) is 15.3. The molecular weight excluding hydrogens is 230 g/mol. The van der Waals surface area contributed by atoms with E-state index in [0.717, 1.165) is 19.1 Å². The van der Waals surface area contributed by atoms with E-state index in [4.69, 9.17) is 4.74 Å². The smallest absolute Gasteiger partial charge is 0.0818 e. The Morgan fingerprint density at radius 2 is 2.18 bits per heavy atom. The largest absolute Gasteiger partial charge is 0.375 e. The molecule has 3 atom stereocenters. The maximum Gasteiger partial charge on any atom is 0.0818 e. The van der Waals surface area contributed by atoms with Gasteiger partial charge in [0.25, 0.3) is 0 Å². The number of nitrogens with one attached hydrogen (secondary N) is 1. The monoisotopic (exact) mass is 259 g/mol. The van der Waals surface area contributed by atoms with E-state index in [1.165, 1.54) is 37.2 Å². The van der Waals surface area contributed by atoms with Crippen LogP contribution in [0.25, 0.3) is 0 Å². The second-order valence-electron chi connectivity index (χ2n) is 5.17. The highest BCUT2D eigenvalue weighted by Crippen LogP contribution is 2.21. The van der Waals surface area contributed by atoms with Crippen LogP contribution in [0, 0.1) is 5.92 Å². The highest BCUT2D eigenvalue weighted by molar-refractivity contribution is 7.99. The van der Waals surface area contributed by atoms with Gasteiger partial charge in [-0.2, -0.15) is 11.8 Å². The van der Waals surface area contributed by atoms with Crippen LogP contribution in [0.3, 0.4) is 0 Å². The molecular formula is C14H29NOS. The van der Waals surface area contributed by atoms with Gasteiger partial charge in [0.1, 0.15) is 0 Å². The molecule has 1 saturated heterocycles. The maximum absolute atomic E-state index is 5.93. The summed E-state index contributed by atoms with van der Waals surface area (Å²) in [5.74, 6) is 3.15.